The molecule has 21 heavy (non-hydrogen) atoms. The molecule has 0 saturated heterocycles. The third-order valence-electron chi connectivity index (χ3n) is 3.66. The van der Waals surface area contributed by atoms with E-state index >= 15 is 0 Å². The van der Waals surface area contributed by atoms with Crippen LogP contribution < -0.4 is 15.4 Å². The quantitative estimate of drug-likeness (QED) is 0.914. The minimum atomic E-state index is -0.0908. The lowest BCUT2D eigenvalue weighted by atomic mass is 10.1. The maximum Gasteiger partial charge on any atom is 0.123 e. The minimum absolute atomic E-state index is 0.0908. The van der Waals surface area contributed by atoms with Gasteiger partial charge in [-0.1, -0.05) is 24.3 Å². The summed E-state index contributed by atoms with van der Waals surface area (Å²) in [7, 11) is 3.75. The third-order valence-corrected chi connectivity index (χ3v) is 3.66. The number of benzene rings is 2. The highest BCUT2D eigenvalue weighted by Crippen LogP contribution is 2.25. The van der Waals surface area contributed by atoms with Crippen LogP contribution in [0.1, 0.15) is 22.7 Å². The molecule has 3 nitrogen and oxygen atoms in total. The molecule has 2 rings (SSSR count). The number of anilines is 1. The summed E-state index contributed by atoms with van der Waals surface area (Å²) in [6.07, 6.45) is 0. The smallest absolute Gasteiger partial charge is 0.123 e. The van der Waals surface area contributed by atoms with Crippen molar-refractivity contribution in [2.24, 2.45) is 5.73 Å². The fourth-order valence-corrected chi connectivity index (χ4v) is 2.64. The fourth-order valence-electron chi connectivity index (χ4n) is 2.64. The molecule has 1 atom stereocenters. The first-order valence-corrected chi connectivity index (χ1v) is 7.19. The summed E-state index contributed by atoms with van der Waals surface area (Å²) in [6, 6.07) is 14.4. The molecule has 2 N–H and O–H groups in total. The molecule has 0 aliphatic heterocycles. The average Bonchev–Trinajstić information content (AvgIpc) is 2.46. The SMILES string of the molecule is COc1ccccc1C(N)CN(C)c1cc(C)cc(C)c1. The normalized spacial score (nSPS) is 12.0. The first-order chi connectivity index (χ1) is 10.0. The topological polar surface area (TPSA) is 38.5 Å². The molecule has 2 aromatic rings. The van der Waals surface area contributed by atoms with Gasteiger partial charge >= 0.3 is 0 Å². The number of aryl methyl sites for hydroxylation is 2. The fraction of sp³-hybridized carbons (Fsp3) is 0.333. The van der Waals surface area contributed by atoms with Gasteiger partial charge in [-0.25, -0.2) is 0 Å². The molecule has 0 amide bonds. The Balaban J connectivity index is 2.16. The second-order valence-electron chi connectivity index (χ2n) is 5.57. The lowest BCUT2D eigenvalue weighted by Crippen LogP contribution is -2.29. The Bertz CT molecular complexity index is 590. The highest BCUT2D eigenvalue weighted by molar-refractivity contribution is 5.51. The molecular formula is C18H24N2O. The van der Waals surface area contributed by atoms with E-state index in [1.54, 1.807) is 7.11 Å². The highest BCUT2D eigenvalue weighted by atomic mass is 16.5. The van der Waals surface area contributed by atoms with E-state index in [0.29, 0.717) is 0 Å². The van der Waals surface area contributed by atoms with Gasteiger partial charge in [0.2, 0.25) is 0 Å². The van der Waals surface area contributed by atoms with E-state index in [9.17, 15) is 0 Å². The van der Waals surface area contributed by atoms with Crippen LogP contribution in [0.15, 0.2) is 42.5 Å². The number of hydrogen-bond donors (Lipinski definition) is 1. The van der Waals surface area contributed by atoms with Crippen LogP contribution in [0, 0.1) is 13.8 Å². The number of likely N-dealkylation sites (N-methyl/N-ethyl adjacent to an activating group) is 1. The highest BCUT2D eigenvalue weighted by Gasteiger charge is 2.14. The van der Waals surface area contributed by atoms with Crippen LogP contribution in [0.4, 0.5) is 5.69 Å². The van der Waals surface area contributed by atoms with Crippen LogP contribution in [0.2, 0.25) is 0 Å². The maximum absolute atomic E-state index is 6.36. The molecule has 0 aromatic heterocycles. The monoisotopic (exact) mass is 284 g/mol. The first kappa shape index (κ1) is 15.4. The molecule has 0 saturated carbocycles. The lowest BCUT2D eigenvalue weighted by molar-refractivity contribution is 0.405. The number of hydrogen-bond acceptors (Lipinski definition) is 3. The molecule has 0 aliphatic carbocycles. The van der Waals surface area contributed by atoms with E-state index in [1.165, 1.54) is 16.8 Å². The molecule has 112 valence electrons. The molecule has 0 spiro atoms. The summed E-state index contributed by atoms with van der Waals surface area (Å²) in [4.78, 5) is 2.19. The van der Waals surface area contributed by atoms with Gasteiger partial charge in [0, 0.05) is 24.8 Å². The number of methoxy groups -OCH3 is 1. The van der Waals surface area contributed by atoms with Crippen molar-refractivity contribution >= 4 is 5.69 Å². The number of nitrogens with zero attached hydrogens (tertiary/aromatic N) is 1. The van der Waals surface area contributed by atoms with E-state index in [4.69, 9.17) is 10.5 Å². The van der Waals surface area contributed by atoms with Crippen LogP contribution in [0.3, 0.4) is 0 Å². The summed E-state index contributed by atoms with van der Waals surface area (Å²) < 4.78 is 5.39. The van der Waals surface area contributed by atoms with Crippen LogP contribution in [0.5, 0.6) is 5.75 Å². The number of rotatable bonds is 5. The minimum Gasteiger partial charge on any atom is -0.496 e. The Kier molecular flexibility index (Phi) is 4.86. The van der Waals surface area contributed by atoms with E-state index in [0.717, 1.165) is 17.9 Å². The van der Waals surface area contributed by atoms with Crippen molar-refractivity contribution in [3.8, 4) is 5.75 Å². The van der Waals surface area contributed by atoms with Crippen molar-refractivity contribution in [1.29, 1.82) is 0 Å². The van der Waals surface area contributed by atoms with E-state index < -0.39 is 0 Å². The van der Waals surface area contributed by atoms with Crippen LogP contribution in [-0.2, 0) is 0 Å². The summed E-state index contributed by atoms with van der Waals surface area (Å²) in [5, 5.41) is 0. The van der Waals surface area contributed by atoms with Crippen molar-refractivity contribution in [2.75, 3.05) is 25.6 Å². The van der Waals surface area contributed by atoms with E-state index in [-0.39, 0.29) is 6.04 Å². The Morgan fingerprint density at radius 2 is 1.71 bits per heavy atom. The Hall–Kier alpha value is -2.00. The van der Waals surface area contributed by atoms with Crippen LogP contribution >= 0.6 is 0 Å². The van der Waals surface area contributed by atoms with Crippen LogP contribution in [0.25, 0.3) is 0 Å². The Morgan fingerprint density at radius 3 is 2.33 bits per heavy atom. The Morgan fingerprint density at radius 1 is 1.10 bits per heavy atom. The maximum atomic E-state index is 6.36. The third kappa shape index (κ3) is 3.76. The molecule has 0 aliphatic rings. The van der Waals surface area contributed by atoms with Gasteiger partial charge in [-0.3, -0.25) is 0 Å². The molecular weight excluding hydrogens is 260 g/mol. The summed E-state index contributed by atoms with van der Waals surface area (Å²) in [5.74, 6) is 0.846. The van der Waals surface area contributed by atoms with Gasteiger partial charge in [0.05, 0.1) is 13.2 Å². The zero-order valence-electron chi connectivity index (χ0n) is 13.3. The number of ether oxygens (including phenoxy) is 1. The van der Waals surface area contributed by atoms with Crippen molar-refractivity contribution in [2.45, 2.75) is 19.9 Å². The summed E-state index contributed by atoms with van der Waals surface area (Å²) in [5.41, 5.74) is 11.1. The van der Waals surface area contributed by atoms with Gasteiger partial charge in [-0.05, 0) is 43.2 Å². The van der Waals surface area contributed by atoms with Gasteiger partial charge in [0.1, 0.15) is 5.75 Å². The van der Waals surface area contributed by atoms with Crippen molar-refractivity contribution in [1.82, 2.24) is 0 Å². The molecule has 0 bridgehead atoms. The van der Waals surface area contributed by atoms with E-state index in [2.05, 4.69) is 44.0 Å². The van der Waals surface area contributed by atoms with Gasteiger partial charge in [0.25, 0.3) is 0 Å². The van der Waals surface area contributed by atoms with Gasteiger partial charge in [-0.2, -0.15) is 0 Å². The van der Waals surface area contributed by atoms with Gasteiger partial charge in [-0.15, -0.1) is 0 Å². The molecule has 1 unspecified atom stereocenters. The number of nitrogens with two attached hydrogens (primary N) is 1. The van der Waals surface area contributed by atoms with E-state index in [1.807, 2.05) is 24.3 Å². The Labute approximate surface area is 127 Å². The molecule has 0 radical (unpaired) electrons. The summed E-state index contributed by atoms with van der Waals surface area (Å²) in [6.45, 7) is 4.97. The molecule has 0 heterocycles. The van der Waals surface area contributed by atoms with Crippen molar-refractivity contribution in [3.05, 3.63) is 59.2 Å². The number of para-hydroxylation sites is 1. The lowest BCUT2D eigenvalue weighted by Gasteiger charge is -2.25. The second-order valence-corrected chi connectivity index (χ2v) is 5.57. The second kappa shape index (κ2) is 6.64. The largest absolute Gasteiger partial charge is 0.496 e. The van der Waals surface area contributed by atoms with Crippen molar-refractivity contribution in [3.63, 3.8) is 0 Å². The molecule has 0 fully saturated rings. The average molecular weight is 284 g/mol. The van der Waals surface area contributed by atoms with Crippen LogP contribution in [-0.4, -0.2) is 20.7 Å². The van der Waals surface area contributed by atoms with Crippen molar-refractivity contribution < 1.29 is 4.74 Å². The van der Waals surface area contributed by atoms with Gasteiger partial charge < -0.3 is 15.4 Å². The van der Waals surface area contributed by atoms with Gasteiger partial charge in [0.15, 0.2) is 0 Å². The zero-order chi connectivity index (χ0) is 15.4. The molecule has 2 aromatic carbocycles. The summed E-state index contributed by atoms with van der Waals surface area (Å²) >= 11 is 0. The predicted octanol–water partition coefficient (Wildman–Crippen LogP) is 3.45. The predicted molar refractivity (Wildman–Crippen MR) is 89.1 cm³/mol. The standard InChI is InChI=1S/C18H24N2O/c1-13-9-14(2)11-15(10-13)20(3)12-17(19)16-7-5-6-8-18(16)21-4/h5-11,17H,12,19H2,1-4H3. The first-order valence-electron chi connectivity index (χ1n) is 7.19. The molecule has 3 heteroatoms. The zero-order valence-corrected chi connectivity index (χ0v) is 13.3.